The lowest BCUT2D eigenvalue weighted by Gasteiger charge is -2.07. The second kappa shape index (κ2) is 7.47. The summed E-state index contributed by atoms with van der Waals surface area (Å²) < 4.78 is 76.5. The Bertz CT molecular complexity index is 1030. The molecule has 13 heteroatoms. The summed E-state index contributed by atoms with van der Waals surface area (Å²) in [6.07, 6.45) is 0. The SMILES string of the molecule is Cc1cc(S(=O)(=O)NC(=O)c2ccc(OC(F)F)cc2)sc1S(=O)(=O)Cl. The molecule has 0 saturated carbocycles. The van der Waals surface area contributed by atoms with Crippen LogP contribution in [0.5, 0.6) is 5.75 Å². The van der Waals surface area contributed by atoms with Crippen molar-refractivity contribution in [2.24, 2.45) is 0 Å². The van der Waals surface area contributed by atoms with Crippen molar-refractivity contribution in [3.8, 4) is 5.75 Å². The maximum absolute atomic E-state index is 12.2. The molecule has 2 rings (SSSR count). The molecular weight excluding hydrogens is 436 g/mol. The number of ether oxygens (including phenoxy) is 1. The van der Waals surface area contributed by atoms with E-state index in [0.717, 1.165) is 30.3 Å². The molecule has 1 aromatic carbocycles. The molecule has 0 aliphatic heterocycles. The third-order valence-electron chi connectivity index (χ3n) is 2.90. The molecule has 0 radical (unpaired) electrons. The van der Waals surface area contributed by atoms with Gasteiger partial charge < -0.3 is 4.74 Å². The Labute approximate surface area is 156 Å². The summed E-state index contributed by atoms with van der Waals surface area (Å²) in [5.74, 6) is -1.24. The highest BCUT2D eigenvalue weighted by molar-refractivity contribution is 8.15. The number of hydrogen-bond donors (Lipinski definition) is 1. The topological polar surface area (TPSA) is 107 Å². The van der Waals surface area contributed by atoms with E-state index >= 15 is 0 Å². The van der Waals surface area contributed by atoms with Crippen molar-refractivity contribution in [2.45, 2.75) is 22.0 Å². The summed E-state index contributed by atoms with van der Waals surface area (Å²) >= 11 is 0.394. The quantitative estimate of drug-likeness (QED) is 0.685. The second-order valence-electron chi connectivity index (χ2n) is 4.81. The van der Waals surface area contributed by atoms with Crippen LogP contribution in [0.4, 0.5) is 8.78 Å². The van der Waals surface area contributed by atoms with E-state index in [1.54, 1.807) is 4.72 Å². The fourth-order valence-corrected chi connectivity index (χ4v) is 5.99. The van der Waals surface area contributed by atoms with E-state index in [-0.39, 0.29) is 21.1 Å². The number of hydrogen-bond acceptors (Lipinski definition) is 7. The van der Waals surface area contributed by atoms with Gasteiger partial charge in [-0.15, -0.1) is 11.3 Å². The molecule has 1 aromatic heterocycles. The van der Waals surface area contributed by atoms with E-state index < -0.39 is 35.8 Å². The Kier molecular flexibility index (Phi) is 5.90. The molecule has 0 bridgehead atoms. The lowest BCUT2D eigenvalue weighted by Crippen LogP contribution is -2.30. The van der Waals surface area contributed by atoms with Gasteiger partial charge in [0.2, 0.25) is 0 Å². The minimum atomic E-state index is -4.35. The Balaban J connectivity index is 2.22. The molecule has 1 N–H and O–H groups in total. The fraction of sp³-hybridized carbons (Fsp3) is 0.154. The van der Waals surface area contributed by atoms with Gasteiger partial charge in [-0.1, -0.05) is 0 Å². The Morgan fingerprint density at radius 3 is 2.23 bits per heavy atom. The smallest absolute Gasteiger partial charge is 0.387 e. The number of nitrogens with one attached hydrogen (secondary N) is 1. The number of thiophene rings is 1. The van der Waals surface area contributed by atoms with E-state index in [9.17, 15) is 30.4 Å². The molecule has 26 heavy (non-hydrogen) atoms. The highest BCUT2D eigenvalue weighted by Gasteiger charge is 2.26. The molecule has 0 aliphatic rings. The number of amides is 1. The maximum atomic E-state index is 12.2. The van der Waals surface area contributed by atoms with Gasteiger partial charge in [-0.05, 0) is 42.8 Å². The van der Waals surface area contributed by atoms with Crippen molar-refractivity contribution >= 4 is 47.0 Å². The molecule has 7 nitrogen and oxygen atoms in total. The van der Waals surface area contributed by atoms with E-state index in [1.165, 1.54) is 6.92 Å². The molecular formula is C13H10ClF2NO6S3. The number of carbonyl (C=O) groups excluding carboxylic acids is 1. The number of rotatable bonds is 6. The molecule has 0 fully saturated rings. The molecule has 1 heterocycles. The zero-order chi connectivity index (χ0) is 19.7. The van der Waals surface area contributed by atoms with Crippen molar-refractivity contribution in [1.29, 1.82) is 0 Å². The molecule has 1 amide bonds. The molecule has 0 saturated heterocycles. The minimum absolute atomic E-state index is 0.117. The maximum Gasteiger partial charge on any atom is 0.387 e. The van der Waals surface area contributed by atoms with Gasteiger partial charge in [0.05, 0.1) is 0 Å². The van der Waals surface area contributed by atoms with Gasteiger partial charge in [0.25, 0.3) is 25.0 Å². The average Bonchev–Trinajstić information content (AvgIpc) is 2.90. The first-order chi connectivity index (χ1) is 11.9. The van der Waals surface area contributed by atoms with Crippen molar-refractivity contribution in [3.05, 3.63) is 41.5 Å². The average molecular weight is 446 g/mol. The van der Waals surface area contributed by atoms with Crippen LogP contribution < -0.4 is 9.46 Å². The van der Waals surface area contributed by atoms with E-state index in [2.05, 4.69) is 4.74 Å². The van der Waals surface area contributed by atoms with Crippen LogP contribution in [-0.2, 0) is 19.1 Å². The largest absolute Gasteiger partial charge is 0.435 e. The highest BCUT2D eigenvalue weighted by atomic mass is 35.7. The van der Waals surface area contributed by atoms with Crippen LogP contribution in [-0.4, -0.2) is 29.4 Å². The van der Waals surface area contributed by atoms with E-state index in [0.29, 0.717) is 11.3 Å². The third-order valence-corrected chi connectivity index (χ3v) is 8.15. The third kappa shape index (κ3) is 4.90. The van der Waals surface area contributed by atoms with E-state index in [4.69, 9.17) is 10.7 Å². The normalized spacial score (nSPS) is 12.2. The van der Waals surface area contributed by atoms with Gasteiger partial charge in [0, 0.05) is 16.2 Å². The molecule has 0 aliphatic carbocycles. The fourth-order valence-electron chi connectivity index (χ4n) is 1.83. The highest BCUT2D eigenvalue weighted by Crippen LogP contribution is 2.32. The summed E-state index contributed by atoms with van der Waals surface area (Å²) in [5, 5.41) is 0. The Morgan fingerprint density at radius 1 is 1.19 bits per heavy atom. The standard InChI is InChI=1S/C13H10ClF2NO6S3/c1-7-6-10(24-12(7)25(14,19)20)26(21,22)17-11(18)8-2-4-9(5-3-8)23-13(15)16/h2-6,13H,1H3,(H,17,18). The lowest BCUT2D eigenvalue weighted by molar-refractivity contribution is -0.0498. The first-order valence-corrected chi connectivity index (χ1v) is 11.2. The van der Waals surface area contributed by atoms with Crippen molar-refractivity contribution in [2.75, 3.05) is 0 Å². The number of sulfonamides is 1. The zero-order valence-electron chi connectivity index (χ0n) is 12.8. The van der Waals surface area contributed by atoms with E-state index in [1.807, 2.05) is 0 Å². The minimum Gasteiger partial charge on any atom is -0.435 e. The second-order valence-corrected chi connectivity index (χ2v) is 10.5. The van der Waals surface area contributed by atoms with Gasteiger partial charge in [0.15, 0.2) is 0 Å². The summed E-state index contributed by atoms with van der Waals surface area (Å²) in [6, 6.07) is 5.39. The van der Waals surface area contributed by atoms with Gasteiger partial charge in [-0.25, -0.2) is 21.6 Å². The Morgan fingerprint density at radius 2 is 1.77 bits per heavy atom. The molecule has 142 valence electrons. The van der Waals surface area contributed by atoms with Crippen molar-refractivity contribution < 1.29 is 35.1 Å². The summed E-state index contributed by atoms with van der Waals surface area (Å²) in [5.41, 5.74) is -0.0139. The van der Waals surface area contributed by atoms with Crippen LogP contribution in [0.15, 0.2) is 38.8 Å². The summed E-state index contributed by atoms with van der Waals surface area (Å²) in [6.45, 7) is -1.68. The van der Waals surface area contributed by atoms with Gasteiger partial charge >= 0.3 is 6.61 Å². The number of halogens is 3. The predicted molar refractivity (Wildman–Crippen MR) is 89.8 cm³/mol. The Hall–Kier alpha value is -1.76. The first-order valence-electron chi connectivity index (χ1n) is 6.57. The number of alkyl halides is 2. The van der Waals surface area contributed by atoms with Gasteiger partial charge in [-0.2, -0.15) is 8.78 Å². The van der Waals surface area contributed by atoms with Gasteiger partial charge in [0.1, 0.15) is 14.2 Å². The van der Waals surface area contributed by atoms with Crippen LogP contribution in [0.2, 0.25) is 0 Å². The van der Waals surface area contributed by atoms with Crippen LogP contribution >= 0.6 is 22.0 Å². The van der Waals surface area contributed by atoms with Crippen LogP contribution in [0, 0.1) is 6.92 Å². The monoisotopic (exact) mass is 445 g/mol. The van der Waals surface area contributed by atoms with Crippen molar-refractivity contribution in [3.63, 3.8) is 0 Å². The van der Waals surface area contributed by atoms with Crippen LogP contribution in [0.1, 0.15) is 15.9 Å². The molecule has 2 aromatic rings. The first kappa shape index (κ1) is 20.6. The number of benzene rings is 1. The summed E-state index contributed by atoms with van der Waals surface area (Å²) in [7, 11) is -3.27. The number of carbonyl (C=O) groups is 1. The molecule has 0 spiro atoms. The summed E-state index contributed by atoms with van der Waals surface area (Å²) in [4.78, 5) is 12.0. The molecule has 0 atom stereocenters. The number of aryl methyl sites for hydroxylation is 1. The lowest BCUT2D eigenvalue weighted by atomic mass is 10.2. The van der Waals surface area contributed by atoms with Crippen LogP contribution in [0.3, 0.4) is 0 Å². The predicted octanol–water partition coefficient (Wildman–Crippen LogP) is 2.70. The zero-order valence-corrected chi connectivity index (χ0v) is 16.0. The van der Waals surface area contributed by atoms with Gasteiger partial charge in [-0.3, -0.25) is 4.79 Å². The molecule has 0 unspecified atom stereocenters. The van der Waals surface area contributed by atoms with Crippen LogP contribution in [0.25, 0.3) is 0 Å². The van der Waals surface area contributed by atoms with Crippen molar-refractivity contribution in [1.82, 2.24) is 4.72 Å².